The molecule has 2 rings (SSSR count). The molecule has 7 heteroatoms. The van der Waals surface area contributed by atoms with Crippen molar-refractivity contribution in [3.05, 3.63) is 69.7 Å². The number of thiol groups is 2. The van der Waals surface area contributed by atoms with Crippen LogP contribution in [-0.4, -0.2) is 8.39 Å². The van der Waals surface area contributed by atoms with Crippen LogP contribution in [0.1, 0.15) is 11.1 Å². The molecule has 104 valence electrons. The van der Waals surface area contributed by atoms with Gasteiger partial charge in [-0.05, 0) is 24.3 Å². The van der Waals surface area contributed by atoms with Crippen molar-refractivity contribution in [2.75, 3.05) is 0 Å². The van der Waals surface area contributed by atoms with Gasteiger partial charge in [-0.3, -0.25) is 0 Å². The average Bonchev–Trinajstić information content (AvgIpc) is 2.40. The zero-order valence-corrected chi connectivity index (χ0v) is 18.7. The Labute approximate surface area is 169 Å². The van der Waals surface area contributed by atoms with E-state index < -0.39 is 0 Å². The molecular formula is C14H10Cl2S4Zn+2. The smallest absolute Gasteiger partial charge is 0.693 e. The first-order valence-corrected chi connectivity index (χ1v) is 7.84. The molecule has 0 nitrogen and oxygen atoms in total. The normalized spacial score (nSPS) is 8.95. The number of hydrogen-bond donors (Lipinski definition) is 0. The van der Waals surface area contributed by atoms with E-state index in [2.05, 4.69) is 24.4 Å². The van der Waals surface area contributed by atoms with Crippen LogP contribution >= 0.6 is 23.2 Å². The summed E-state index contributed by atoms with van der Waals surface area (Å²) in [4.78, 5) is 0. The molecule has 0 fully saturated rings. The van der Waals surface area contributed by atoms with Crippen molar-refractivity contribution >= 4 is 81.3 Å². The maximum Gasteiger partial charge on any atom is 2.00 e. The van der Waals surface area contributed by atoms with Crippen molar-refractivity contribution < 1.29 is 19.5 Å². The first kappa shape index (κ1) is 21.5. The van der Waals surface area contributed by atoms with Crippen molar-refractivity contribution in [2.24, 2.45) is 0 Å². The molecule has 0 spiro atoms. The van der Waals surface area contributed by atoms with E-state index in [0.29, 0.717) is 18.4 Å². The molecule has 0 amide bonds. The van der Waals surface area contributed by atoms with Gasteiger partial charge in [0.05, 0.1) is 8.39 Å². The van der Waals surface area contributed by atoms with Gasteiger partial charge in [0, 0.05) is 21.2 Å². The Kier molecular flexibility index (Phi) is 11.4. The third-order valence-electron chi connectivity index (χ3n) is 2.18. The van der Waals surface area contributed by atoms with E-state index in [0.717, 1.165) is 11.1 Å². The monoisotopic (exact) mass is 440 g/mol. The summed E-state index contributed by atoms with van der Waals surface area (Å²) in [6, 6.07) is 14.5. The van der Waals surface area contributed by atoms with Crippen LogP contribution in [0.25, 0.3) is 0 Å². The van der Waals surface area contributed by atoms with Crippen LogP contribution in [0.3, 0.4) is 0 Å². The van der Waals surface area contributed by atoms with E-state index in [4.69, 9.17) is 48.5 Å². The van der Waals surface area contributed by atoms with Gasteiger partial charge in [-0.15, -0.1) is 0 Å². The summed E-state index contributed by atoms with van der Waals surface area (Å²) in [7, 11) is 0. The standard InChI is InChI=1S/2C7H5ClS2.Zn/c2*8-6-3-1-5(2-4-6)7(9)10;/h2*1-4H,(H,9,10);/q;;+2. The van der Waals surface area contributed by atoms with Gasteiger partial charge in [0.1, 0.15) is 24.4 Å². The molecule has 0 saturated carbocycles. The van der Waals surface area contributed by atoms with Gasteiger partial charge in [0.25, 0.3) is 0 Å². The summed E-state index contributed by atoms with van der Waals surface area (Å²) in [5, 5.41) is 1.43. The maximum atomic E-state index is 5.65. The van der Waals surface area contributed by atoms with Crippen LogP contribution in [0.4, 0.5) is 0 Å². The molecule has 0 N–H and O–H groups in total. The number of halogens is 2. The van der Waals surface area contributed by atoms with Crippen LogP contribution in [0, 0.1) is 0 Å². The Morgan fingerprint density at radius 2 is 0.905 bits per heavy atom. The van der Waals surface area contributed by atoms with E-state index in [1.807, 2.05) is 24.3 Å². The summed E-state index contributed by atoms with van der Waals surface area (Å²) in [5.74, 6) is 0. The summed E-state index contributed by atoms with van der Waals surface area (Å²) >= 11 is 29.0. The fraction of sp³-hybridized carbons (Fsp3) is 0. The molecule has 21 heavy (non-hydrogen) atoms. The van der Waals surface area contributed by atoms with Crippen LogP contribution in [-0.2, 0) is 69.2 Å². The number of hydrogen-bond acceptors (Lipinski definition) is 2. The second-order valence-corrected chi connectivity index (χ2v) is 6.81. The molecule has 0 atom stereocenters. The first-order chi connectivity index (χ1) is 9.40. The summed E-state index contributed by atoms with van der Waals surface area (Å²) in [6.07, 6.45) is 0. The minimum atomic E-state index is 0. The predicted molar refractivity (Wildman–Crippen MR) is 103 cm³/mol. The fourth-order valence-electron chi connectivity index (χ4n) is 1.18. The number of benzene rings is 2. The second-order valence-electron chi connectivity index (χ2n) is 3.62. The average molecular weight is 443 g/mol. The van der Waals surface area contributed by atoms with Crippen LogP contribution in [0.15, 0.2) is 48.5 Å². The summed E-state index contributed by atoms with van der Waals surface area (Å²) < 4.78 is 1.19. The van der Waals surface area contributed by atoms with E-state index in [9.17, 15) is 0 Å². The molecule has 2 aromatic rings. The Hall–Kier alpha value is 0.523. The van der Waals surface area contributed by atoms with E-state index in [1.165, 1.54) is 0 Å². The van der Waals surface area contributed by atoms with Crippen LogP contribution in [0.2, 0.25) is 10.0 Å². The predicted octanol–water partition coefficient (Wildman–Crippen LogP) is 3.29. The molecule has 0 unspecified atom stereocenters. The molecule has 0 heterocycles. The minimum Gasteiger partial charge on any atom is -0.693 e. The Bertz CT molecular complexity index is 542. The SMILES string of the molecule is [S-]C(=[SH+])c1ccc(Cl)cc1.[S-]C(=[SH+])c1ccc(Cl)cc1.[Zn+2]. The molecule has 0 bridgehead atoms. The van der Waals surface area contributed by atoms with Gasteiger partial charge in [-0.2, -0.15) is 0 Å². The molecule has 0 radical (unpaired) electrons. The van der Waals surface area contributed by atoms with Crippen LogP contribution in [0.5, 0.6) is 0 Å². The van der Waals surface area contributed by atoms with Gasteiger partial charge in [0.15, 0.2) is 0 Å². The zero-order valence-electron chi connectivity index (χ0n) is 10.8. The van der Waals surface area contributed by atoms with Crippen molar-refractivity contribution in [2.45, 2.75) is 0 Å². The summed E-state index contributed by atoms with van der Waals surface area (Å²) in [5.41, 5.74) is 1.87. The second kappa shape index (κ2) is 11.1. The van der Waals surface area contributed by atoms with Crippen molar-refractivity contribution in [1.29, 1.82) is 0 Å². The summed E-state index contributed by atoms with van der Waals surface area (Å²) in [6.45, 7) is 0. The van der Waals surface area contributed by atoms with Gasteiger partial charge >= 0.3 is 19.5 Å². The molecule has 2 aromatic carbocycles. The molecule has 0 aromatic heterocycles. The Balaban J connectivity index is 0.000000364. The topological polar surface area (TPSA) is 0 Å². The molecule has 0 saturated heterocycles. The van der Waals surface area contributed by atoms with E-state index in [-0.39, 0.29) is 19.5 Å². The van der Waals surface area contributed by atoms with Gasteiger partial charge in [-0.1, -0.05) is 47.5 Å². The molecule has 0 aliphatic carbocycles. The number of rotatable bonds is 2. The zero-order chi connectivity index (χ0) is 15.1. The van der Waals surface area contributed by atoms with Gasteiger partial charge in [-0.25, -0.2) is 0 Å². The maximum absolute atomic E-state index is 5.65. The molecule has 0 aliphatic heterocycles. The van der Waals surface area contributed by atoms with Crippen molar-refractivity contribution in [3.8, 4) is 0 Å². The van der Waals surface area contributed by atoms with Gasteiger partial charge in [0.2, 0.25) is 0 Å². The third-order valence-corrected chi connectivity index (χ3v) is 3.67. The van der Waals surface area contributed by atoms with E-state index in [1.54, 1.807) is 24.3 Å². The third kappa shape index (κ3) is 8.66. The Morgan fingerprint density at radius 1 is 0.667 bits per heavy atom. The largest absolute Gasteiger partial charge is 2.00 e. The molecular weight excluding hydrogens is 433 g/mol. The van der Waals surface area contributed by atoms with E-state index >= 15 is 0 Å². The van der Waals surface area contributed by atoms with Crippen molar-refractivity contribution in [3.63, 3.8) is 0 Å². The minimum absolute atomic E-state index is 0. The Morgan fingerprint density at radius 3 is 1.10 bits per heavy atom. The van der Waals surface area contributed by atoms with Crippen molar-refractivity contribution in [1.82, 2.24) is 0 Å². The van der Waals surface area contributed by atoms with Crippen LogP contribution < -0.4 is 0 Å². The fourth-order valence-corrected chi connectivity index (χ4v) is 2.01. The van der Waals surface area contributed by atoms with Gasteiger partial charge < -0.3 is 25.3 Å². The quantitative estimate of drug-likeness (QED) is 0.230. The first-order valence-electron chi connectivity index (χ1n) is 5.38. The molecule has 0 aliphatic rings.